The first-order chi connectivity index (χ1) is 5.09. The SMILES string of the molecule is CCCOC(=O)[C@@H](C)N(C)C. The molecule has 1 atom stereocenters. The molecule has 0 radical (unpaired) electrons. The molecular weight excluding hydrogens is 142 g/mol. The zero-order valence-corrected chi connectivity index (χ0v) is 7.76. The van der Waals surface area contributed by atoms with E-state index in [0.717, 1.165) is 6.42 Å². The molecule has 3 nitrogen and oxygen atoms in total. The van der Waals surface area contributed by atoms with E-state index < -0.39 is 0 Å². The predicted molar refractivity (Wildman–Crippen MR) is 44.4 cm³/mol. The van der Waals surface area contributed by atoms with Crippen LogP contribution in [0.25, 0.3) is 0 Å². The third kappa shape index (κ3) is 3.98. The van der Waals surface area contributed by atoms with E-state index in [1.165, 1.54) is 0 Å². The normalized spacial score (nSPS) is 13.2. The van der Waals surface area contributed by atoms with Gasteiger partial charge in [-0.1, -0.05) is 6.92 Å². The van der Waals surface area contributed by atoms with Crippen LogP contribution in [0.4, 0.5) is 0 Å². The van der Waals surface area contributed by atoms with E-state index in [2.05, 4.69) is 0 Å². The average Bonchev–Trinajstić information content (AvgIpc) is 1.98. The van der Waals surface area contributed by atoms with Crippen molar-refractivity contribution in [1.82, 2.24) is 4.90 Å². The lowest BCUT2D eigenvalue weighted by Gasteiger charge is -2.17. The fourth-order valence-electron chi connectivity index (χ4n) is 0.534. The highest BCUT2D eigenvalue weighted by Crippen LogP contribution is 1.95. The number of hydrogen-bond donors (Lipinski definition) is 0. The lowest BCUT2D eigenvalue weighted by molar-refractivity contribution is -0.148. The van der Waals surface area contributed by atoms with Gasteiger partial charge in [0.1, 0.15) is 6.04 Å². The first kappa shape index (κ1) is 10.4. The van der Waals surface area contributed by atoms with Gasteiger partial charge in [-0.2, -0.15) is 0 Å². The van der Waals surface area contributed by atoms with E-state index in [9.17, 15) is 4.79 Å². The summed E-state index contributed by atoms with van der Waals surface area (Å²) in [6.07, 6.45) is 0.881. The standard InChI is InChI=1S/C8H17NO2/c1-5-6-11-8(10)7(2)9(3)4/h7H,5-6H2,1-4H3/t7-/m1/s1. The minimum atomic E-state index is -0.142. The molecule has 0 bridgehead atoms. The van der Waals surface area contributed by atoms with E-state index in [-0.39, 0.29) is 12.0 Å². The van der Waals surface area contributed by atoms with Crippen LogP contribution >= 0.6 is 0 Å². The second-order valence-corrected chi connectivity index (χ2v) is 2.81. The van der Waals surface area contributed by atoms with Gasteiger partial charge >= 0.3 is 5.97 Å². The first-order valence-electron chi connectivity index (χ1n) is 3.92. The highest BCUT2D eigenvalue weighted by molar-refractivity contribution is 5.75. The largest absolute Gasteiger partial charge is 0.465 e. The van der Waals surface area contributed by atoms with Crippen LogP contribution in [0.5, 0.6) is 0 Å². The number of rotatable bonds is 4. The monoisotopic (exact) mass is 159 g/mol. The van der Waals surface area contributed by atoms with Crippen LogP contribution in [0, 0.1) is 0 Å². The Balaban J connectivity index is 3.64. The van der Waals surface area contributed by atoms with Crippen LogP contribution in [0.15, 0.2) is 0 Å². The molecule has 0 fully saturated rings. The highest BCUT2D eigenvalue weighted by Gasteiger charge is 2.15. The summed E-state index contributed by atoms with van der Waals surface area (Å²) < 4.78 is 4.93. The van der Waals surface area contributed by atoms with Gasteiger partial charge in [-0.25, -0.2) is 0 Å². The molecule has 0 aromatic carbocycles. The Labute approximate surface area is 68.3 Å². The molecule has 0 heterocycles. The molecule has 0 aliphatic carbocycles. The number of carbonyl (C=O) groups is 1. The Morgan fingerprint density at radius 1 is 1.55 bits per heavy atom. The van der Waals surface area contributed by atoms with E-state index in [0.29, 0.717) is 6.61 Å². The zero-order valence-electron chi connectivity index (χ0n) is 7.76. The van der Waals surface area contributed by atoms with Crippen LogP contribution in [0.2, 0.25) is 0 Å². The number of nitrogens with zero attached hydrogens (tertiary/aromatic N) is 1. The summed E-state index contributed by atoms with van der Waals surface area (Å²) in [7, 11) is 3.72. The fourth-order valence-corrected chi connectivity index (χ4v) is 0.534. The van der Waals surface area contributed by atoms with Crippen LogP contribution in [0.1, 0.15) is 20.3 Å². The lowest BCUT2D eigenvalue weighted by atomic mass is 10.3. The Morgan fingerprint density at radius 3 is 2.45 bits per heavy atom. The Bertz CT molecular complexity index is 123. The van der Waals surface area contributed by atoms with Gasteiger partial charge in [0, 0.05) is 0 Å². The number of ether oxygens (including phenoxy) is 1. The molecule has 0 aliphatic rings. The van der Waals surface area contributed by atoms with Gasteiger partial charge in [0.25, 0.3) is 0 Å². The summed E-state index contributed by atoms with van der Waals surface area (Å²) in [4.78, 5) is 12.9. The molecule has 11 heavy (non-hydrogen) atoms. The number of hydrogen-bond acceptors (Lipinski definition) is 3. The van der Waals surface area contributed by atoms with Gasteiger partial charge in [0.2, 0.25) is 0 Å². The molecule has 0 aromatic rings. The van der Waals surface area contributed by atoms with E-state index in [1.54, 1.807) is 0 Å². The fraction of sp³-hybridized carbons (Fsp3) is 0.875. The summed E-state index contributed by atoms with van der Waals surface area (Å²) in [6, 6.07) is -0.137. The van der Waals surface area contributed by atoms with Crippen molar-refractivity contribution in [3.8, 4) is 0 Å². The minimum absolute atomic E-state index is 0.137. The third-order valence-corrected chi connectivity index (χ3v) is 1.56. The molecule has 0 saturated heterocycles. The quantitative estimate of drug-likeness (QED) is 0.570. The van der Waals surface area contributed by atoms with Crippen molar-refractivity contribution >= 4 is 5.97 Å². The second-order valence-electron chi connectivity index (χ2n) is 2.81. The number of esters is 1. The molecule has 3 heteroatoms. The molecule has 0 aromatic heterocycles. The van der Waals surface area contributed by atoms with Crippen molar-refractivity contribution in [2.45, 2.75) is 26.3 Å². The highest BCUT2D eigenvalue weighted by atomic mass is 16.5. The van der Waals surface area contributed by atoms with Crippen molar-refractivity contribution in [1.29, 1.82) is 0 Å². The maximum Gasteiger partial charge on any atom is 0.323 e. The number of likely N-dealkylation sites (N-methyl/N-ethyl adjacent to an activating group) is 1. The summed E-state index contributed by atoms with van der Waals surface area (Å²) in [5, 5.41) is 0. The maximum absolute atomic E-state index is 11.1. The van der Waals surface area contributed by atoms with Crippen molar-refractivity contribution < 1.29 is 9.53 Å². The van der Waals surface area contributed by atoms with E-state index in [4.69, 9.17) is 4.74 Å². The second kappa shape index (κ2) is 5.13. The van der Waals surface area contributed by atoms with Crippen molar-refractivity contribution in [2.24, 2.45) is 0 Å². The summed E-state index contributed by atoms with van der Waals surface area (Å²) in [6.45, 7) is 4.34. The molecule has 0 saturated carbocycles. The van der Waals surface area contributed by atoms with Crippen molar-refractivity contribution in [3.63, 3.8) is 0 Å². The van der Waals surface area contributed by atoms with Crippen LogP contribution in [-0.4, -0.2) is 37.6 Å². The summed E-state index contributed by atoms with van der Waals surface area (Å²) in [5.41, 5.74) is 0. The van der Waals surface area contributed by atoms with Crippen molar-refractivity contribution in [2.75, 3.05) is 20.7 Å². The first-order valence-corrected chi connectivity index (χ1v) is 3.92. The van der Waals surface area contributed by atoms with Gasteiger partial charge in [-0.05, 0) is 27.4 Å². The molecule has 0 amide bonds. The topological polar surface area (TPSA) is 29.5 Å². The molecule has 66 valence electrons. The van der Waals surface area contributed by atoms with Gasteiger partial charge in [-0.15, -0.1) is 0 Å². The third-order valence-electron chi connectivity index (χ3n) is 1.56. The minimum Gasteiger partial charge on any atom is -0.465 e. The van der Waals surface area contributed by atoms with Gasteiger partial charge in [0.15, 0.2) is 0 Å². The molecule has 0 unspecified atom stereocenters. The van der Waals surface area contributed by atoms with E-state index >= 15 is 0 Å². The Kier molecular flexibility index (Phi) is 4.86. The smallest absolute Gasteiger partial charge is 0.323 e. The molecule has 0 N–H and O–H groups in total. The molecule has 0 rings (SSSR count). The number of carbonyl (C=O) groups excluding carboxylic acids is 1. The van der Waals surface area contributed by atoms with Crippen molar-refractivity contribution in [3.05, 3.63) is 0 Å². The Morgan fingerprint density at radius 2 is 2.09 bits per heavy atom. The summed E-state index contributed by atoms with van der Waals surface area (Å²) in [5.74, 6) is -0.142. The van der Waals surface area contributed by atoms with E-state index in [1.807, 2.05) is 32.8 Å². The molecule has 0 aliphatic heterocycles. The zero-order chi connectivity index (χ0) is 8.85. The van der Waals surface area contributed by atoms with Crippen LogP contribution in [-0.2, 0) is 9.53 Å². The maximum atomic E-state index is 11.1. The van der Waals surface area contributed by atoms with Gasteiger partial charge in [0.05, 0.1) is 6.61 Å². The van der Waals surface area contributed by atoms with Gasteiger partial charge < -0.3 is 4.74 Å². The predicted octanol–water partition coefficient (Wildman–Crippen LogP) is 0.890. The average molecular weight is 159 g/mol. The summed E-state index contributed by atoms with van der Waals surface area (Å²) >= 11 is 0. The lowest BCUT2D eigenvalue weighted by Crippen LogP contribution is -2.34. The van der Waals surface area contributed by atoms with Crippen LogP contribution < -0.4 is 0 Å². The van der Waals surface area contributed by atoms with Gasteiger partial charge in [-0.3, -0.25) is 9.69 Å². The Hall–Kier alpha value is -0.570. The van der Waals surface area contributed by atoms with Crippen LogP contribution in [0.3, 0.4) is 0 Å². The molecular formula is C8H17NO2. The molecule has 0 spiro atoms.